The summed E-state index contributed by atoms with van der Waals surface area (Å²) in [6.07, 6.45) is -11.5. The molecule has 160 valence electrons. The number of para-hydroxylation sites is 2. The van der Waals surface area contributed by atoms with E-state index in [1.54, 1.807) is 0 Å². The van der Waals surface area contributed by atoms with Crippen LogP contribution < -0.4 is 9.64 Å². The van der Waals surface area contributed by atoms with Crippen LogP contribution in [-0.2, 0) is 21.9 Å². The molecular weight excluding hydrogens is 420 g/mol. The number of benzene rings is 2. The molecule has 11 heteroatoms. The minimum atomic E-state index is -5.10. The van der Waals surface area contributed by atoms with Crippen LogP contribution in [0.5, 0.6) is 5.75 Å². The van der Waals surface area contributed by atoms with Gasteiger partial charge in [-0.1, -0.05) is 12.1 Å². The van der Waals surface area contributed by atoms with E-state index < -0.39 is 53.6 Å². The lowest BCUT2D eigenvalue weighted by molar-refractivity contribution is -0.148. The molecule has 3 rings (SSSR count). The Hall–Kier alpha value is -3.24. The highest BCUT2D eigenvalue weighted by atomic mass is 19.4. The number of carbonyl (C=O) groups excluding carboxylic acids is 2. The number of fused-ring (bicyclic) bond motifs is 1. The van der Waals surface area contributed by atoms with E-state index >= 15 is 0 Å². The molecule has 0 saturated carbocycles. The average molecular weight is 433 g/mol. The standard InChI is InChI=1S/C19H13F6NO4/c1-29-17(28)15-9-26(13-4-2-3-5-14(13)30-15)16(27)10-6-11(18(20,21)22)8-12(7-10)19(23,24)25/h2-8,15H,9H2,1H3. The topological polar surface area (TPSA) is 55.8 Å². The number of ether oxygens (including phenoxy) is 2. The molecule has 0 saturated heterocycles. The van der Waals surface area contributed by atoms with Gasteiger partial charge in [0, 0.05) is 5.56 Å². The maximum absolute atomic E-state index is 13.1. The molecule has 0 aliphatic carbocycles. The van der Waals surface area contributed by atoms with Gasteiger partial charge in [0.1, 0.15) is 5.75 Å². The predicted molar refractivity (Wildman–Crippen MR) is 91.0 cm³/mol. The third kappa shape index (κ3) is 4.19. The molecule has 30 heavy (non-hydrogen) atoms. The summed E-state index contributed by atoms with van der Waals surface area (Å²) in [4.78, 5) is 25.7. The van der Waals surface area contributed by atoms with Crippen molar-refractivity contribution in [1.82, 2.24) is 0 Å². The molecule has 2 aromatic carbocycles. The van der Waals surface area contributed by atoms with Gasteiger partial charge in [-0.05, 0) is 30.3 Å². The molecule has 1 unspecified atom stereocenters. The third-order valence-electron chi connectivity index (χ3n) is 4.32. The highest BCUT2D eigenvalue weighted by molar-refractivity contribution is 6.08. The number of anilines is 1. The fourth-order valence-corrected chi connectivity index (χ4v) is 2.92. The number of hydrogen-bond donors (Lipinski definition) is 0. The van der Waals surface area contributed by atoms with E-state index in [2.05, 4.69) is 4.74 Å². The zero-order valence-electron chi connectivity index (χ0n) is 15.2. The first-order chi connectivity index (χ1) is 13.9. The van der Waals surface area contributed by atoms with Crippen LogP contribution in [0, 0.1) is 0 Å². The molecule has 0 spiro atoms. The number of amides is 1. The first kappa shape index (κ1) is 21.5. The number of nitrogens with zero attached hydrogens (tertiary/aromatic N) is 1. The molecule has 1 amide bonds. The van der Waals surface area contributed by atoms with Crippen molar-refractivity contribution in [2.24, 2.45) is 0 Å². The Morgan fingerprint density at radius 3 is 2.10 bits per heavy atom. The number of carbonyl (C=O) groups is 2. The Morgan fingerprint density at radius 2 is 1.57 bits per heavy atom. The SMILES string of the molecule is COC(=O)C1CN(C(=O)c2cc(C(F)(F)F)cc(C(F)(F)F)c2)c2ccccc2O1. The first-order valence-electron chi connectivity index (χ1n) is 8.36. The van der Waals surface area contributed by atoms with Crippen molar-refractivity contribution >= 4 is 17.6 Å². The summed E-state index contributed by atoms with van der Waals surface area (Å²) in [5, 5.41) is 0. The van der Waals surface area contributed by atoms with Crippen LogP contribution in [0.2, 0.25) is 0 Å². The zero-order chi connectivity index (χ0) is 22.3. The highest BCUT2D eigenvalue weighted by Gasteiger charge is 2.39. The molecule has 0 N–H and O–H groups in total. The first-order valence-corrected chi connectivity index (χ1v) is 8.36. The number of alkyl halides is 6. The van der Waals surface area contributed by atoms with Crippen molar-refractivity contribution in [1.29, 1.82) is 0 Å². The van der Waals surface area contributed by atoms with Gasteiger partial charge in [0.15, 0.2) is 0 Å². The predicted octanol–water partition coefficient (Wildman–Crippen LogP) is 4.31. The number of hydrogen-bond acceptors (Lipinski definition) is 4. The van der Waals surface area contributed by atoms with Gasteiger partial charge in [0.2, 0.25) is 6.10 Å². The van der Waals surface area contributed by atoms with Crippen LogP contribution in [0.3, 0.4) is 0 Å². The van der Waals surface area contributed by atoms with Gasteiger partial charge >= 0.3 is 18.3 Å². The number of methoxy groups -OCH3 is 1. The number of rotatable bonds is 2. The van der Waals surface area contributed by atoms with Crippen molar-refractivity contribution in [3.63, 3.8) is 0 Å². The van der Waals surface area contributed by atoms with Crippen LogP contribution in [0.1, 0.15) is 21.5 Å². The van der Waals surface area contributed by atoms with Gasteiger partial charge in [0.05, 0.1) is 30.5 Å². The van der Waals surface area contributed by atoms with Gasteiger partial charge in [-0.3, -0.25) is 4.79 Å². The van der Waals surface area contributed by atoms with Crippen LogP contribution >= 0.6 is 0 Å². The molecule has 1 heterocycles. The van der Waals surface area contributed by atoms with E-state index in [0.29, 0.717) is 12.1 Å². The molecule has 1 aliphatic heterocycles. The van der Waals surface area contributed by atoms with Gasteiger partial charge in [-0.25, -0.2) is 4.79 Å². The maximum atomic E-state index is 13.1. The second kappa shape index (κ2) is 7.54. The monoisotopic (exact) mass is 433 g/mol. The fraction of sp³-hybridized carbons (Fsp3) is 0.263. The summed E-state index contributed by atoms with van der Waals surface area (Å²) in [5.74, 6) is -1.96. The van der Waals surface area contributed by atoms with Gasteiger partial charge < -0.3 is 14.4 Å². The quantitative estimate of drug-likeness (QED) is 0.524. The van der Waals surface area contributed by atoms with Gasteiger partial charge in [0.25, 0.3) is 5.91 Å². The zero-order valence-corrected chi connectivity index (χ0v) is 15.2. The van der Waals surface area contributed by atoms with Crippen molar-refractivity contribution < 1.29 is 45.4 Å². The molecule has 5 nitrogen and oxygen atoms in total. The van der Waals surface area contributed by atoms with Crippen LogP contribution in [0.15, 0.2) is 42.5 Å². The largest absolute Gasteiger partial charge is 0.475 e. The second-order valence-electron chi connectivity index (χ2n) is 6.31. The Bertz CT molecular complexity index is 953. The number of halogens is 6. The van der Waals surface area contributed by atoms with Gasteiger partial charge in [-0.15, -0.1) is 0 Å². The van der Waals surface area contributed by atoms with E-state index in [1.165, 1.54) is 24.3 Å². The van der Waals surface area contributed by atoms with Crippen molar-refractivity contribution in [2.75, 3.05) is 18.6 Å². The van der Waals surface area contributed by atoms with Gasteiger partial charge in [-0.2, -0.15) is 26.3 Å². The van der Waals surface area contributed by atoms with E-state index in [4.69, 9.17) is 4.74 Å². The molecule has 0 fully saturated rings. The Morgan fingerprint density at radius 1 is 1.00 bits per heavy atom. The van der Waals surface area contributed by atoms with Crippen LogP contribution in [0.25, 0.3) is 0 Å². The fourth-order valence-electron chi connectivity index (χ4n) is 2.92. The van der Waals surface area contributed by atoms with E-state index in [0.717, 1.165) is 12.0 Å². The summed E-state index contributed by atoms with van der Waals surface area (Å²) in [5.41, 5.74) is -3.98. The minimum absolute atomic E-state index is 0.0514. The Kier molecular flexibility index (Phi) is 5.40. The van der Waals surface area contributed by atoms with Crippen molar-refractivity contribution in [2.45, 2.75) is 18.5 Å². The smallest absolute Gasteiger partial charge is 0.416 e. The average Bonchev–Trinajstić information content (AvgIpc) is 2.70. The van der Waals surface area contributed by atoms with E-state index in [-0.39, 0.29) is 17.5 Å². The molecule has 0 aromatic heterocycles. The second-order valence-corrected chi connectivity index (χ2v) is 6.31. The highest BCUT2D eigenvalue weighted by Crippen LogP contribution is 2.38. The van der Waals surface area contributed by atoms with Crippen molar-refractivity contribution in [3.8, 4) is 5.75 Å². The van der Waals surface area contributed by atoms with E-state index in [9.17, 15) is 35.9 Å². The molecule has 1 aliphatic rings. The molecule has 2 aromatic rings. The van der Waals surface area contributed by atoms with Crippen LogP contribution in [-0.4, -0.2) is 31.6 Å². The lowest BCUT2D eigenvalue weighted by atomic mass is 10.0. The Balaban J connectivity index is 2.10. The third-order valence-corrected chi connectivity index (χ3v) is 4.32. The normalized spacial score (nSPS) is 16.5. The lowest BCUT2D eigenvalue weighted by Gasteiger charge is -2.33. The summed E-state index contributed by atoms with van der Waals surface area (Å²) >= 11 is 0. The Labute approximate surface area is 165 Å². The van der Waals surface area contributed by atoms with Crippen molar-refractivity contribution in [3.05, 3.63) is 59.2 Å². The molecule has 0 bridgehead atoms. The number of esters is 1. The molecule has 0 radical (unpaired) electrons. The lowest BCUT2D eigenvalue weighted by Crippen LogP contribution is -2.47. The summed E-state index contributed by atoms with van der Waals surface area (Å²) in [6, 6.07) is 6.41. The van der Waals surface area contributed by atoms with E-state index in [1.807, 2.05) is 0 Å². The maximum Gasteiger partial charge on any atom is 0.416 e. The summed E-state index contributed by atoms with van der Waals surface area (Å²) in [6.45, 7) is -0.458. The summed E-state index contributed by atoms with van der Waals surface area (Å²) < 4.78 is 88.7. The molecular formula is C19H13F6NO4. The minimum Gasteiger partial charge on any atom is -0.475 e. The van der Waals surface area contributed by atoms with Crippen LogP contribution in [0.4, 0.5) is 32.0 Å². The summed E-state index contributed by atoms with van der Waals surface area (Å²) in [7, 11) is 1.07. The molecule has 1 atom stereocenters.